The molecule has 1 unspecified atom stereocenters. The van der Waals surface area contributed by atoms with Gasteiger partial charge < -0.3 is 15.4 Å². The van der Waals surface area contributed by atoms with Crippen LogP contribution < -0.4 is 5.73 Å². The standard InChI is InChI=1S/C10H18N2O2/c1-10(2-4-14-5-3-10)12-7-8(11)6-9(12)13/h8H,2-7,11H2,1H3. The van der Waals surface area contributed by atoms with Gasteiger partial charge in [-0.15, -0.1) is 0 Å². The number of amides is 1. The van der Waals surface area contributed by atoms with Crippen LogP contribution in [0.2, 0.25) is 0 Å². The van der Waals surface area contributed by atoms with Crippen molar-refractivity contribution in [2.24, 2.45) is 5.73 Å². The molecule has 0 aromatic carbocycles. The summed E-state index contributed by atoms with van der Waals surface area (Å²) < 4.78 is 5.32. The van der Waals surface area contributed by atoms with Gasteiger partial charge in [-0.1, -0.05) is 0 Å². The third-order valence-electron chi connectivity index (χ3n) is 3.38. The SMILES string of the molecule is CC1(N2CC(N)CC2=O)CCOCC1. The molecule has 0 aromatic rings. The molecule has 1 amide bonds. The van der Waals surface area contributed by atoms with Crippen molar-refractivity contribution in [3.05, 3.63) is 0 Å². The maximum Gasteiger partial charge on any atom is 0.224 e. The van der Waals surface area contributed by atoms with E-state index in [4.69, 9.17) is 10.5 Å². The van der Waals surface area contributed by atoms with Crippen LogP contribution in [0.3, 0.4) is 0 Å². The van der Waals surface area contributed by atoms with Crippen molar-refractivity contribution in [3.63, 3.8) is 0 Å². The Hall–Kier alpha value is -0.610. The molecule has 4 heteroatoms. The highest BCUT2D eigenvalue weighted by Crippen LogP contribution is 2.30. The van der Waals surface area contributed by atoms with Crippen molar-refractivity contribution >= 4 is 5.91 Å². The Kier molecular flexibility index (Phi) is 2.49. The van der Waals surface area contributed by atoms with Gasteiger partial charge in [0.05, 0.1) is 0 Å². The average Bonchev–Trinajstić information content (AvgIpc) is 2.47. The molecule has 4 nitrogen and oxygen atoms in total. The van der Waals surface area contributed by atoms with E-state index in [2.05, 4.69) is 6.92 Å². The molecule has 0 spiro atoms. The Labute approximate surface area is 84.4 Å². The summed E-state index contributed by atoms with van der Waals surface area (Å²) in [5.74, 6) is 0.210. The van der Waals surface area contributed by atoms with Crippen LogP contribution in [0.25, 0.3) is 0 Å². The van der Waals surface area contributed by atoms with Gasteiger partial charge in [0.15, 0.2) is 0 Å². The molecule has 14 heavy (non-hydrogen) atoms. The molecular weight excluding hydrogens is 180 g/mol. The smallest absolute Gasteiger partial charge is 0.224 e. The van der Waals surface area contributed by atoms with Crippen molar-refractivity contribution in [1.82, 2.24) is 4.90 Å². The van der Waals surface area contributed by atoms with E-state index in [0.29, 0.717) is 6.42 Å². The van der Waals surface area contributed by atoms with E-state index in [-0.39, 0.29) is 17.5 Å². The molecular formula is C10H18N2O2. The number of nitrogens with two attached hydrogens (primary N) is 1. The van der Waals surface area contributed by atoms with Gasteiger partial charge in [0.25, 0.3) is 0 Å². The minimum absolute atomic E-state index is 0.0105. The monoisotopic (exact) mass is 198 g/mol. The van der Waals surface area contributed by atoms with E-state index in [1.807, 2.05) is 4.90 Å². The Morgan fingerprint density at radius 2 is 2.14 bits per heavy atom. The molecule has 0 aromatic heterocycles. The zero-order valence-corrected chi connectivity index (χ0v) is 8.66. The lowest BCUT2D eigenvalue weighted by atomic mass is 9.90. The van der Waals surface area contributed by atoms with Gasteiger partial charge in [0.1, 0.15) is 0 Å². The van der Waals surface area contributed by atoms with E-state index in [0.717, 1.165) is 32.6 Å². The van der Waals surface area contributed by atoms with Gasteiger partial charge in [-0.25, -0.2) is 0 Å². The van der Waals surface area contributed by atoms with Gasteiger partial charge in [0.2, 0.25) is 5.91 Å². The average molecular weight is 198 g/mol. The summed E-state index contributed by atoms with van der Waals surface area (Å²) in [5.41, 5.74) is 5.78. The fraction of sp³-hybridized carbons (Fsp3) is 0.900. The van der Waals surface area contributed by atoms with Crippen molar-refractivity contribution < 1.29 is 9.53 Å². The summed E-state index contributed by atoms with van der Waals surface area (Å²) in [6, 6.07) is 0.0298. The summed E-state index contributed by atoms with van der Waals surface area (Å²) in [7, 11) is 0. The lowest BCUT2D eigenvalue weighted by Crippen LogP contribution is -2.51. The van der Waals surface area contributed by atoms with Gasteiger partial charge in [0, 0.05) is 37.8 Å². The number of ether oxygens (including phenoxy) is 1. The van der Waals surface area contributed by atoms with Gasteiger partial charge in [-0.2, -0.15) is 0 Å². The van der Waals surface area contributed by atoms with E-state index in [1.54, 1.807) is 0 Å². The molecule has 2 aliphatic heterocycles. The second-order valence-corrected chi connectivity index (χ2v) is 4.58. The van der Waals surface area contributed by atoms with Crippen LogP contribution in [0, 0.1) is 0 Å². The predicted octanol–water partition coefficient (Wildman–Crippen LogP) is 0.115. The first-order chi connectivity index (χ1) is 6.62. The molecule has 2 fully saturated rings. The van der Waals surface area contributed by atoms with E-state index in [1.165, 1.54) is 0 Å². The highest BCUT2D eigenvalue weighted by Gasteiger charge is 2.41. The Balaban J connectivity index is 2.09. The maximum atomic E-state index is 11.7. The number of rotatable bonds is 1. The van der Waals surface area contributed by atoms with Crippen LogP contribution in [-0.4, -0.2) is 42.1 Å². The third-order valence-corrected chi connectivity index (χ3v) is 3.38. The zero-order valence-electron chi connectivity index (χ0n) is 8.66. The predicted molar refractivity (Wildman–Crippen MR) is 52.8 cm³/mol. The quantitative estimate of drug-likeness (QED) is 0.651. The van der Waals surface area contributed by atoms with Crippen LogP contribution in [0.1, 0.15) is 26.2 Å². The number of carbonyl (C=O) groups is 1. The highest BCUT2D eigenvalue weighted by molar-refractivity contribution is 5.80. The number of hydrogen-bond donors (Lipinski definition) is 1. The first-order valence-electron chi connectivity index (χ1n) is 5.26. The normalized spacial score (nSPS) is 32.3. The second-order valence-electron chi connectivity index (χ2n) is 4.58. The third kappa shape index (κ3) is 1.64. The lowest BCUT2D eigenvalue weighted by Gasteiger charge is -2.41. The number of likely N-dealkylation sites (tertiary alicyclic amines) is 1. The maximum absolute atomic E-state index is 11.7. The molecule has 2 rings (SSSR count). The van der Waals surface area contributed by atoms with Crippen molar-refractivity contribution in [3.8, 4) is 0 Å². The molecule has 2 aliphatic rings. The molecule has 0 radical (unpaired) electrons. The van der Waals surface area contributed by atoms with E-state index in [9.17, 15) is 4.79 Å². The largest absolute Gasteiger partial charge is 0.381 e. The van der Waals surface area contributed by atoms with Crippen molar-refractivity contribution in [2.45, 2.75) is 37.8 Å². The molecule has 2 saturated heterocycles. The summed E-state index contributed by atoms with van der Waals surface area (Å²) in [5, 5.41) is 0. The Morgan fingerprint density at radius 1 is 1.50 bits per heavy atom. The van der Waals surface area contributed by atoms with Gasteiger partial charge in [-0.05, 0) is 19.8 Å². The molecule has 0 bridgehead atoms. The Morgan fingerprint density at radius 3 is 2.64 bits per heavy atom. The zero-order chi connectivity index (χ0) is 10.2. The second kappa shape index (κ2) is 3.51. The van der Waals surface area contributed by atoms with Crippen LogP contribution >= 0.6 is 0 Å². The molecule has 2 heterocycles. The van der Waals surface area contributed by atoms with E-state index >= 15 is 0 Å². The number of carbonyl (C=O) groups excluding carboxylic acids is 1. The highest BCUT2D eigenvalue weighted by atomic mass is 16.5. The van der Waals surface area contributed by atoms with Crippen molar-refractivity contribution in [2.75, 3.05) is 19.8 Å². The van der Waals surface area contributed by atoms with Crippen LogP contribution in [0.15, 0.2) is 0 Å². The summed E-state index contributed by atoms with van der Waals surface area (Å²) in [6.45, 7) is 4.38. The van der Waals surface area contributed by atoms with E-state index < -0.39 is 0 Å². The molecule has 1 atom stereocenters. The number of hydrogen-bond acceptors (Lipinski definition) is 3. The summed E-state index contributed by atoms with van der Waals surface area (Å²) in [4.78, 5) is 13.7. The van der Waals surface area contributed by atoms with Gasteiger partial charge in [-0.3, -0.25) is 4.79 Å². The fourth-order valence-corrected chi connectivity index (χ4v) is 2.34. The minimum atomic E-state index is -0.0105. The summed E-state index contributed by atoms with van der Waals surface area (Å²) >= 11 is 0. The van der Waals surface area contributed by atoms with Crippen LogP contribution in [0.5, 0.6) is 0 Å². The van der Waals surface area contributed by atoms with Crippen LogP contribution in [0.4, 0.5) is 0 Å². The molecule has 80 valence electrons. The fourth-order valence-electron chi connectivity index (χ4n) is 2.34. The molecule has 0 saturated carbocycles. The van der Waals surface area contributed by atoms with Gasteiger partial charge >= 0.3 is 0 Å². The Bertz CT molecular complexity index is 236. The summed E-state index contributed by atoms with van der Waals surface area (Å²) in [6.07, 6.45) is 2.38. The van der Waals surface area contributed by atoms with Crippen molar-refractivity contribution in [1.29, 1.82) is 0 Å². The lowest BCUT2D eigenvalue weighted by molar-refractivity contribution is -0.136. The first-order valence-corrected chi connectivity index (χ1v) is 5.26. The number of nitrogens with zero attached hydrogens (tertiary/aromatic N) is 1. The molecule has 0 aliphatic carbocycles. The topological polar surface area (TPSA) is 55.6 Å². The molecule has 2 N–H and O–H groups in total. The first kappa shape index (κ1) is 9.93. The van der Waals surface area contributed by atoms with Crippen LogP contribution in [-0.2, 0) is 9.53 Å². The minimum Gasteiger partial charge on any atom is -0.381 e.